The van der Waals surface area contributed by atoms with Crippen LogP contribution in [0.5, 0.6) is 17.2 Å². The second kappa shape index (κ2) is 4.86. The van der Waals surface area contributed by atoms with E-state index in [1.54, 1.807) is 20.3 Å². The average molecular weight is 273 g/mol. The maximum Gasteiger partial charge on any atom is 0.179 e. The molecule has 1 fully saturated rings. The van der Waals surface area contributed by atoms with E-state index in [2.05, 4.69) is 0 Å². The highest BCUT2D eigenvalue weighted by Gasteiger charge is 2.42. The molecule has 1 aliphatic carbocycles. The molecule has 0 aromatic heterocycles. The van der Waals surface area contributed by atoms with Crippen molar-refractivity contribution in [3.05, 3.63) is 16.7 Å². The number of aliphatic hydroxyl groups is 1. The molecule has 0 amide bonds. The van der Waals surface area contributed by atoms with Crippen LogP contribution in [0.15, 0.2) is 6.07 Å². The highest BCUT2D eigenvalue weighted by atomic mass is 35.5. The van der Waals surface area contributed by atoms with E-state index < -0.39 is 5.60 Å². The van der Waals surface area contributed by atoms with Gasteiger partial charge in [0.25, 0.3) is 0 Å². The van der Waals surface area contributed by atoms with Gasteiger partial charge in [0.1, 0.15) is 5.75 Å². The zero-order chi connectivity index (χ0) is 13.3. The molecule has 1 N–H and O–H groups in total. The molecule has 0 atom stereocenters. The summed E-state index contributed by atoms with van der Waals surface area (Å²) in [6.45, 7) is 0. The first kappa shape index (κ1) is 13.3. The number of benzene rings is 1. The van der Waals surface area contributed by atoms with Crippen LogP contribution in [0, 0.1) is 0 Å². The first-order valence-corrected chi connectivity index (χ1v) is 6.12. The molecule has 0 aliphatic heterocycles. The van der Waals surface area contributed by atoms with Crippen molar-refractivity contribution in [1.29, 1.82) is 0 Å². The number of ether oxygens (including phenoxy) is 3. The molecule has 0 saturated heterocycles. The fourth-order valence-electron chi connectivity index (χ4n) is 1.96. The Morgan fingerprint density at radius 2 is 1.78 bits per heavy atom. The lowest BCUT2D eigenvalue weighted by atomic mass is 10.0. The van der Waals surface area contributed by atoms with Crippen LogP contribution in [0.1, 0.15) is 18.4 Å². The van der Waals surface area contributed by atoms with Crippen LogP contribution >= 0.6 is 11.6 Å². The summed E-state index contributed by atoms with van der Waals surface area (Å²) in [6.07, 6.45) is 2.05. The van der Waals surface area contributed by atoms with E-state index in [1.165, 1.54) is 7.11 Å². The topological polar surface area (TPSA) is 47.9 Å². The Bertz CT molecular complexity index is 455. The number of rotatable bonds is 5. The van der Waals surface area contributed by atoms with E-state index in [1.807, 2.05) is 0 Å². The average Bonchev–Trinajstić information content (AvgIpc) is 3.09. The smallest absolute Gasteiger partial charge is 0.179 e. The minimum atomic E-state index is -0.642. The highest BCUT2D eigenvalue weighted by molar-refractivity contribution is 6.33. The molecule has 100 valence electrons. The summed E-state index contributed by atoms with van der Waals surface area (Å²) < 4.78 is 15.8. The molecule has 0 heterocycles. The zero-order valence-electron chi connectivity index (χ0n) is 10.7. The number of hydrogen-bond acceptors (Lipinski definition) is 4. The van der Waals surface area contributed by atoms with Crippen molar-refractivity contribution < 1.29 is 19.3 Å². The molecule has 2 rings (SSSR count). The van der Waals surface area contributed by atoms with E-state index in [9.17, 15) is 5.11 Å². The Morgan fingerprint density at radius 3 is 2.22 bits per heavy atom. The van der Waals surface area contributed by atoms with Crippen LogP contribution in [0.4, 0.5) is 0 Å². The monoisotopic (exact) mass is 272 g/mol. The summed E-state index contributed by atoms with van der Waals surface area (Å²) in [5, 5.41) is 10.5. The Morgan fingerprint density at radius 1 is 1.17 bits per heavy atom. The number of methoxy groups -OCH3 is 3. The first-order valence-electron chi connectivity index (χ1n) is 5.74. The van der Waals surface area contributed by atoms with Crippen molar-refractivity contribution in [3.63, 3.8) is 0 Å². The van der Waals surface area contributed by atoms with E-state index in [4.69, 9.17) is 25.8 Å². The van der Waals surface area contributed by atoms with Gasteiger partial charge in [-0.2, -0.15) is 0 Å². The molecule has 1 aromatic carbocycles. The van der Waals surface area contributed by atoms with Crippen molar-refractivity contribution in [2.45, 2.75) is 24.9 Å². The summed E-state index contributed by atoms with van der Waals surface area (Å²) in [5.41, 5.74) is 0.119. The summed E-state index contributed by atoms with van der Waals surface area (Å²) in [6, 6.07) is 1.73. The van der Waals surface area contributed by atoms with Gasteiger partial charge in [-0.15, -0.1) is 0 Å². The van der Waals surface area contributed by atoms with Gasteiger partial charge in [0.15, 0.2) is 11.5 Å². The van der Waals surface area contributed by atoms with Gasteiger partial charge in [-0.3, -0.25) is 0 Å². The summed E-state index contributed by atoms with van der Waals surface area (Å²) >= 11 is 6.31. The van der Waals surface area contributed by atoms with Gasteiger partial charge in [0.05, 0.1) is 32.0 Å². The molecule has 4 nitrogen and oxygen atoms in total. The number of hydrogen-bond donors (Lipinski definition) is 1. The Kier molecular flexibility index (Phi) is 3.59. The van der Waals surface area contributed by atoms with Crippen molar-refractivity contribution in [1.82, 2.24) is 0 Å². The van der Waals surface area contributed by atoms with Crippen molar-refractivity contribution in [2.24, 2.45) is 0 Å². The molecule has 0 bridgehead atoms. The van der Waals surface area contributed by atoms with E-state index in [0.29, 0.717) is 28.7 Å². The Hall–Kier alpha value is -1.13. The third-order valence-electron chi connectivity index (χ3n) is 3.22. The third kappa shape index (κ3) is 2.35. The van der Waals surface area contributed by atoms with Crippen LogP contribution in [0.25, 0.3) is 0 Å². The second-order valence-corrected chi connectivity index (χ2v) is 4.89. The molecule has 1 aliphatic rings. The molecule has 0 unspecified atom stereocenters. The molecular weight excluding hydrogens is 256 g/mol. The van der Waals surface area contributed by atoms with Crippen molar-refractivity contribution in [3.8, 4) is 17.2 Å². The molecule has 1 saturated carbocycles. The maximum absolute atomic E-state index is 10.0. The van der Waals surface area contributed by atoms with Gasteiger partial charge in [-0.1, -0.05) is 11.6 Å². The highest BCUT2D eigenvalue weighted by Crippen LogP contribution is 2.47. The van der Waals surface area contributed by atoms with Crippen LogP contribution in [0.2, 0.25) is 5.02 Å². The van der Waals surface area contributed by atoms with Crippen LogP contribution in [-0.4, -0.2) is 32.0 Å². The fraction of sp³-hybridized carbons (Fsp3) is 0.538. The van der Waals surface area contributed by atoms with E-state index >= 15 is 0 Å². The van der Waals surface area contributed by atoms with E-state index in [0.717, 1.165) is 18.4 Å². The van der Waals surface area contributed by atoms with Gasteiger partial charge in [-0.05, 0) is 12.8 Å². The minimum absolute atomic E-state index is 0.439. The van der Waals surface area contributed by atoms with Crippen molar-refractivity contribution in [2.75, 3.05) is 21.3 Å². The van der Waals surface area contributed by atoms with Gasteiger partial charge in [0.2, 0.25) is 0 Å². The second-order valence-electron chi connectivity index (χ2n) is 4.51. The lowest BCUT2D eigenvalue weighted by molar-refractivity contribution is 0.150. The summed E-state index contributed by atoms with van der Waals surface area (Å²) in [4.78, 5) is 0. The predicted molar refractivity (Wildman–Crippen MR) is 69.0 cm³/mol. The van der Waals surface area contributed by atoms with Crippen molar-refractivity contribution >= 4 is 11.6 Å². The summed E-state index contributed by atoms with van der Waals surface area (Å²) in [5.74, 6) is 1.60. The lowest BCUT2D eigenvalue weighted by Crippen LogP contribution is -2.12. The Labute approximate surface area is 111 Å². The van der Waals surface area contributed by atoms with Gasteiger partial charge in [0, 0.05) is 18.1 Å². The minimum Gasteiger partial charge on any atom is -0.496 e. The molecule has 0 radical (unpaired) electrons. The van der Waals surface area contributed by atoms with Gasteiger partial charge < -0.3 is 19.3 Å². The summed E-state index contributed by atoms with van der Waals surface area (Å²) in [7, 11) is 4.64. The zero-order valence-corrected chi connectivity index (χ0v) is 11.5. The lowest BCUT2D eigenvalue weighted by Gasteiger charge is -2.18. The van der Waals surface area contributed by atoms with Gasteiger partial charge >= 0.3 is 0 Å². The SMILES string of the molecule is COc1cc(OC)c(OC)c(Cl)c1CC1(O)CC1. The molecule has 0 spiro atoms. The van der Waals surface area contributed by atoms with Crippen LogP contribution < -0.4 is 14.2 Å². The first-order chi connectivity index (χ1) is 8.54. The number of halogens is 1. The van der Waals surface area contributed by atoms with E-state index in [-0.39, 0.29) is 0 Å². The molecule has 1 aromatic rings. The fourth-order valence-corrected chi connectivity index (χ4v) is 2.29. The predicted octanol–water partition coefficient (Wildman–Crippen LogP) is 2.43. The van der Waals surface area contributed by atoms with Crippen LogP contribution in [0.3, 0.4) is 0 Å². The maximum atomic E-state index is 10.0. The standard InChI is InChI=1S/C13H17ClO4/c1-16-9-6-10(17-2)12(18-3)11(14)8(9)7-13(15)4-5-13/h6,15H,4-5,7H2,1-3H3. The largest absolute Gasteiger partial charge is 0.496 e. The normalized spacial score (nSPS) is 16.3. The quantitative estimate of drug-likeness (QED) is 0.894. The third-order valence-corrected chi connectivity index (χ3v) is 3.62. The van der Waals surface area contributed by atoms with Gasteiger partial charge in [-0.25, -0.2) is 0 Å². The molecular formula is C13H17ClO4. The Balaban J connectivity index is 2.48. The molecule has 5 heteroatoms. The molecule has 18 heavy (non-hydrogen) atoms. The van der Waals surface area contributed by atoms with Crippen LogP contribution in [-0.2, 0) is 6.42 Å².